The van der Waals surface area contributed by atoms with Gasteiger partial charge in [0.15, 0.2) is 6.67 Å². The average Bonchev–Trinajstić information content (AvgIpc) is 3.00. The van der Waals surface area contributed by atoms with Crippen LogP contribution in [-0.2, 0) is 0 Å². The van der Waals surface area contributed by atoms with E-state index in [2.05, 4.69) is 15.0 Å². The number of nitrogens with zero attached hydrogens (tertiary/aromatic N) is 3. The number of allylic oxidation sites excluding steroid dienone is 1. The molecule has 2 heterocycles. The number of ether oxygens (including phenoxy) is 1. The van der Waals surface area contributed by atoms with E-state index in [1.165, 1.54) is 36.5 Å². The Morgan fingerprint density at radius 1 is 1.42 bits per heavy atom. The Labute approximate surface area is 194 Å². The summed E-state index contributed by atoms with van der Waals surface area (Å²) in [5.41, 5.74) is 3.48. The normalized spacial score (nSPS) is 18.2. The number of likely N-dealkylation sites (N-methyl/N-ethyl adjacent to an activating group) is 1. The van der Waals surface area contributed by atoms with Crippen LogP contribution in [0.4, 0.5) is 20.3 Å². The Balaban J connectivity index is 1.85. The number of anilines is 2. The number of alkyl halides is 3. The monoisotopic (exact) mass is 481 g/mol. The second-order valence-electron chi connectivity index (χ2n) is 8.03. The van der Waals surface area contributed by atoms with Crippen LogP contribution in [0.25, 0.3) is 5.70 Å². The Morgan fingerprint density at radius 2 is 2.09 bits per heavy atom. The van der Waals surface area contributed by atoms with Crippen molar-refractivity contribution in [2.45, 2.75) is 11.8 Å². The average molecular weight is 482 g/mol. The highest BCUT2D eigenvalue weighted by molar-refractivity contribution is 6.20. The number of hydrogen-bond donors (Lipinski definition) is 4. The molecule has 176 valence electrons. The van der Waals surface area contributed by atoms with Crippen molar-refractivity contribution in [3.63, 3.8) is 0 Å². The number of β-amino-alcohol motifs (C(OH)–C–C–N with tert-alkyl or cyclic N) is 1. The molecule has 1 aliphatic rings. The van der Waals surface area contributed by atoms with Gasteiger partial charge in [0.2, 0.25) is 6.23 Å². The van der Waals surface area contributed by atoms with Crippen molar-refractivity contribution in [2.75, 3.05) is 37.5 Å². The van der Waals surface area contributed by atoms with Gasteiger partial charge in [0.05, 0.1) is 19.7 Å². The maximum Gasteiger partial charge on any atom is 0.487 e. The summed E-state index contributed by atoms with van der Waals surface area (Å²) in [5.74, 6) is -0.194. The molecule has 1 saturated heterocycles. The molecule has 1 atom stereocenters. The van der Waals surface area contributed by atoms with Crippen LogP contribution in [0.3, 0.4) is 0 Å². The molecule has 2 aromatic rings. The van der Waals surface area contributed by atoms with E-state index in [1.54, 1.807) is 6.07 Å². The van der Waals surface area contributed by atoms with Gasteiger partial charge >= 0.3 is 5.57 Å². The summed E-state index contributed by atoms with van der Waals surface area (Å²) in [4.78, 5) is 19.0. The third-order valence-electron chi connectivity index (χ3n) is 5.07. The number of carbonyl (C=O) groups excluding carboxylic acids is 1. The van der Waals surface area contributed by atoms with Gasteiger partial charge in [-0.15, -0.1) is 8.78 Å². The highest BCUT2D eigenvalue weighted by Crippen LogP contribution is 2.29. The molecule has 9 nitrogen and oxygen atoms in total. The van der Waals surface area contributed by atoms with E-state index in [0.717, 1.165) is 6.21 Å². The summed E-state index contributed by atoms with van der Waals surface area (Å²) in [6, 6.07) is 6.79. The van der Waals surface area contributed by atoms with Crippen molar-refractivity contribution in [2.24, 2.45) is 5.73 Å². The molecule has 0 saturated carbocycles. The van der Waals surface area contributed by atoms with Crippen LogP contribution in [0.5, 0.6) is 5.75 Å². The predicted octanol–water partition coefficient (Wildman–Crippen LogP) is 2.62. The maximum atomic E-state index is 12.8. The lowest BCUT2D eigenvalue weighted by atomic mass is 10.1. The standard InChI is InChI=1S/C21H23ClF2N6O3/c1-30(2)12-29(11-18(30)31)19-16(17(26)7-8-25)9-13(10-27-19)20(32)28-14-3-5-15(6-4-14)33-21(22,23)24/h3-10,18,31H,11-12H2,1-2H3,(H3-,25,26,28,32)/p+1. The van der Waals surface area contributed by atoms with Crippen LogP contribution in [0.1, 0.15) is 15.9 Å². The van der Waals surface area contributed by atoms with E-state index < -0.39 is 17.7 Å². The second kappa shape index (κ2) is 9.30. The lowest BCUT2D eigenvalue weighted by Crippen LogP contribution is -2.45. The third-order valence-corrected chi connectivity index (χ3v) is 5.15. The number of aromatic nitrogens is 1. The lowest BCUT2D eigenvalue weighted by Gasteiger charge is -2.26. The minimum Gasteiger partial charge on any atom is -0.420 e. The van der Waals surface area contributed by atoms with Crippen molar-refractivity contribution in [3.8, 4) is 5.75 Å². The molecule has 5 N–H and O–H groups in total. The van der Waals surface area contributed by atoms with Crippen molar-refractivity contribution in [3.05, 3.63) is 53.7 Å². The van der Waals surface area contributed by atoms with Gasteiger partial charge in [-0.3, -0.25) is 9.28 Å². The molecule has 0 radical (unpaired) electrons. The van der Waals surface area contributed by atoms with Crippen LogP contribution >= 0.6 is 11.6 Å². The first-order chi connectivity index (χ1) is 15.4. The first kappa shape index (κ1) is 24.4. The van der Waals surface area contributed by atoms with Crippen molar-refractivity contribution in [1.82, 2.24) is 4.98 Å². The van der Waals surface area contributed by atoms with Gasteiger partial charge in [-0.05, 0) is 36.4 Å². The summed E-state index contributed by atoms with van der Waals surface area (Å²) < 4.78 is 30.0. The molecule has 0 bridgehead atoms. The molecular formula is C21H24ClF2N6O3+. The van der Waals surface area contributed by atoms with Crippen LogP contribution in [0.2, 0.25) is 0 Å². The number of amides is 1. The fraction of sp³-hybridized carbons (Fsp3) is 0.286. The molecule has 0 aliphatic carbocycles. The lowest BCUT2D eigenvalue weighted by molar-refractivity contribution is -0.921. The van der Waals surface area contributed by atoms with E-state index >= 15 is 0 Å². The summed E-state index contributed by atoms with van der Waals surface area (Å²) in [5, 5.41) is 20.3. The zero-order valence-electron chi connectivity index (χ0n) is 17.9. The number of carbonyl (C=O) groups is 1. The highest BCUT2D eigenvalue weighted by Gasteiger charge is 2.39. The van der Waals surface area contributed by atoms with Gasteiger partial charge in [0.1, 0.15) is 18.1 Å². The largest absolute Gasteiger partial charge is 0.487 e. The fourth-order valence-electron chi connectivity index (χ4n) is 3.33. The van der Waals surface area contributed by atoms with Crippen LogP contribution in [0.15, 0.2) is 42.6 Å². The first-order valence-electron chi connectivity index (χ1n) is 9.79. The molecule has 1 amide bonds. The maximum absolute atomic E-state index is 12.8. The Kier molecular flexibility index (Phi) is 6.86. The number of halogens is 3. The summed E-state index contributed by atoms with van der Waals surface area (Å²) in [6.07, 6.45) is 3.15. The van der Waals surface area contributed by atoms with Gasteiger partial charge in [-0.2, -0.15) is 0 Å². The van der Waals surface area contributed by atoms with E-state index in [9.17, 15) is 18.7 Å². The number of hydrogen-bond acceptors (Lipinski definition) is 7. The molecule has 3 rings (SSSR count). The molecule has 1 unspecified atom stereocenters. The number of nitrogens with one attached hydrogen (secondary N) is 2. The number of aliphatic hydroxyl groups is 1. The minimum absolute atomic E-state index is 0.167. The number of aliphatic hydroxyl groups excluding tert-OH is 1. The molecule has 33 heavy (non-hydrogen) atoms. The molecule has 1 aromatic heterocycles. The second-order valence-corrected chi connectivity index (χ2v) is 8.47. The van der Waals surface area contributed by atoms with Gasteiger partial charge in [-0.25, -0.2) is 4.98 Å². The topological polar surface area (TPSA) is 125 Å². The van der Waals surface area contributed by atoms with Crippen molar-refractivity contribution >= 4 is 40.9 Å². The zero-order chi connectivity index (χ0) is 24.4. The highest BCUT2D eigenvalue weighted by atomic mass is 35.5. The van der Waals surface area contributed by atoms with Gasteiger partial charge in [0, 0.05) is 41.0 Å². The predicted molar refractivity (Wildman–Crippen MR) is 121 cm³/mol. The van der Waals surface area contributed by atoms with Crippen LogP contribution in [-0.4, -0.2) is 65.8 Å². The molecular weight excluding hydrogens is 458 g/mol. The minimum atomic E-state index is -3.84. The molecule has 1 aliphatic heterocycles. The number of pyridine rings is 1. The Hall–Kier alpha value is -3.28. The SMILES string of the molecule is C[N+]1(C)CN(c2ncc(C(=O)Nc3ccc(OC(F)(F)Cl)cc3)cc2/C(N)=C/C=N)CC1O. The number of quaternary nitrogens is 1. The van der Waals surface area contributed by atoms with Gasteiger partial charge in [-0.1, -0.05) is 0 Å². The first-order valence-corrected chi connectivity index (χ1v) is 10.2. The van der Waals surface area contributed by atoms with Crippen molar-refractivity contribution in [1.29, 1.82) is 5.41 Å². The molecule has 0 spiro atoms. The fourth-order valence-corrected chi connectivity index (χ4v) is 3.42. The summed E-state index contributed by atoms with van der Waals surface area (Å²) in [6.45, 7) is 0.798. The summed E-state index contributed by atoms with van der Waals surface area (Å²) >= 11 is 4.74. The zero-order valence-corrected chi connectivity index (χ0v) is 18.7. The molecule has 1 aromatic carbocycles. The van der Waals surface area contributed by atoms with Gasteiger partial charge in [0.25, 0.3) is 5.91 Å². The quantitative estimate of drug-likeness (QED) is 0.274. The smallest absolute Gasteiger partial charge is 0.420 e. The molecule has 1 fully saturated rings. The number of nitrogens with two attached hydrogens (primary N) is 1. The number of rotatable bonds is 7. The van der Waals surface area contributed by atoms with E-state index in [1.807, 2.05) is 19.0 Å². The van der Waals surface area contributed by atoms with Crippen LogP contribution < -0.4 is 20.7 Å². The summed E-state index contributed by atoms with van der Waals surface area (Å²) in [7, 11) is 3.76. The van der Waals surface area contributed by atoms with E-state index in [0.29, 0.717) is 34.8 Å². The van der Waals surface area contributed by atoms with E-state index in [4.69, 9.17) is 22.7 Å². The Morgan fingerprint density at radius 3 is 2.64 bits per heavy atom. The molecule has 12 heteroatoms. The third kappa shape index (κ3) is 5.95. The van der Waals surface area contributed by atoms with Crippen molar-refractivity contribution < 1.29 is 27.9 Å². The van der Waals surface area contributed by atoms with Gasteiger partial charge < -0.3 is 31.2 Å². The number of benzene rings is 1. The Bertz CT molecular complexity index is 1070. The van der Waals surface area contributed by atoms with Crippen LogP contribution in [0, 0.1) is 5.41 Å². The van der Waals surface area contributed by atoms with E-state index in [-0.39, 0.29) is 17.0 Å².